The summed E-state index contributed by atoms with van der Waals surface area (Å²) >= 11 is 0. The number of hydrogen-bond acceptors (Lipinski definition) is 7. The average Bonchev–Trinajstić information content (AvgIpc) is 2.96. The highest BCUT2D eigenvalue weighted by atomic mass is 16.5. The Hall–Kier alpha value is -3.61. The number of amides is 5. The lowest BCUT2D eigenvalue weighted by molar-refractivity contribution is -0.132. The van der Waals surface area contributed by atoms with E-state index in [4.69, 9.17) is 10.5 Å². The van der Waals surface area contributed by atoms with Gasteiger partial charge in [-0.05, 0) is 79.5 Å². The molecule has 0 bridgehead atoms. The lowest BCUT2D eigenvalue weighted by Crippen LogP contribution is -2.54. The van der Waals surface area contributed by atoms with Gasteiger partial charge < -0.3 is 37.1 Å². The second kappa shape index (κ2) is 21.5. The fourth-order valence-electron chi connectivity index (χ4n) is 5.52. The molecule has 49 heavy (non-hydrogen) atoms. The van der Waals surface area contributed by atoms with Gasteiger partial charge in [-0.1, -0.05) is 73.9 Å². The van der Waals surface area contributed by atoms with Crippen molar-refractivity contribution in [1.29, 1.82) is 0 Å². The maximum Gasteiger partial charge on any atom is 0.312 e. The maximum atomic E-state index is 13.4. The van der Waals surface area contributed by atoms with E-state index in [2.05, 4.69) is 68.1 Å². The first-order valence-electron chi connectivity index (χ1n) is 17.7. The Bertz CT molecular complexity index is 1180. The van der Waals surface area contributed by atoms with Crippen LogP contribution in [0.5, 0.6) is 0 Å². The Morgan fingerprint density at radius 2 is 1.43 bits per heavy atom. The van der Waals surface area contributed by atoms with Crippen molar-refractivity contribution in [3.63, 3.8) is 0 Å². The maximum absolute atomic E-state index is 13.4. The molecule has 0 spiro atoms. The fraction of sp³-hybridized carbons (Fsp3) is 0.694. The molecule has 0 aromatic heterocycles. The fourth-order valence-corrected chi connectivity index (χ4v) is 5.52. The number of anilines is 1. The highest BCUT2D eigenvalue weighted by Crippen LogP contribution is 2.28. The summed E-state index contributed by atoms with van der Waals surface area (Å²) in [7, 11) is 1.33. The van der Waals surface area contributed by atoms with Crippen LogP contribution in [0, 0.1) is 16.7 Å². The predicted octanol–water partition coefficient (Wildman–Crippen LogP) is 4.36. The number of nitrogens with one attached hydrogen (secondary N) is 5. The van der Waals surface area contributed by atoms with Crippen LogP contribution >= 0.6 is 0 Å². The number of primary amides is 1. The largest absolute Gasteiger partial charge is 0.469 e. The first kappa shape index (κ1) is 43.4. The standard InChI is InChI=1S/C36H63BN6O6/c1-24(2)30(43-29(44)14-10-9-11-19-39-27(21-35(3,4)5)22-36(6,7)8)32(46)42-28(13-12-20-40-34(38)48)31(45)41-26-17-15-25(16-18-26)23-49-33(37)47/h15-18,24,27-28,30,39H,9-14,19-23,37H2,1-8H3,(H,41,45)(H,42,46)(H,43,44)(H3,38,40,48)/t28-,30-/m0/s1. The van der Waals surface area contributed by atoms with E-state index >= 15 is 0 Å². The first-order chi connectivity index (χ1) is 22.8. The predicted molar refractivity (Wildman–Crippen MR) is 198 cm³/mol. The molecule has 0 heterocycles. The first-order valence-corrected chi connectivity index (χ1v) is 17.7. The van der Waals surface area contributed by atoms with Crippen LogP contribution < -0.4 is 32.3 Å². The van der Waals surface area contributed by atoms with Gasteiger partial charge in [0.25, 0.3) is 0 Å². The Labute approximate surface area is 295 Å². The summed E-state index contributed by atoms with van der Waals surface area (Å²) < 4.78 is 5.00. The molecule has 5 amide bonds. The number of hydrogen-bond donors (Lipinski definition) is 6. The zero-order chi connectivity index (χ0) is 37.2. The molecule has 0 unspecified atom stereocenters. The number of urea groups is 1. The van der Waals surface area contributed by atoms with E-state index in [-0.39, 0.29) is 42.2 Å². The van der Waals surface area contributed by atoms with Crippen LogP contribution in [0.15, 0.2) is 24.3 Å². The molecule has 2 atom stereocenters. The van der Waals surface area contributed by atoms with E-state index in [9.17, 15) is 24.0 Å². The van der Waals surface area contributed by atoms with Crippen LogP contribution in [0.3, 0.4) is 0 Å². The van der Waals surface area contributed by atoms with E-state index in [0.717, 1.165) is 37.8 Å². The van der Waals surface area contributed by atoms with E-state index in [0.29, 0.717) is 31.0 Å². The highest BCUT2D eigenvalue weighted by molar-refractivity contribution is 6.55. The van der Waals surface area contributed by atoms with Crippen molar-refractivity contribution in [2.45, 2.75) is 131 Å². The summed E-state index contributed by atoms with van der Waals surface area (Å²) in [5, 5.41) is 14.7. The number of carbonyl (C=O) groups is 5. The normalized spacial score (nSPS) is 13.0. The Kier molecular flexibility index (Phi) is 19.0. The van der Waals surface area contributed by atoms with Gasteiger partial charge in [0.15, 0.2) is 0 Å². The van der Waals surface area contributed by atoms with Crippen LogP contribution in [-0.4, -0.2) is 68.7 Å². The second-order valence-electron chi connectivity index (χ2n) is 15.7. The molecule has 12 nitrogen and oxygen atoms in total. The van der Waals surface area contributed by atoms with Crippen molar-refractivity contribution in [2.24, 2.45) is 22.5 Å². The van der Waals surface area contributed by atoms with Crippen LogP contribution in [0.25, 0.3) is 0 Å². The monoisotopic (exact) mass is 686 g/mol. The van der Waals surface area contributed by atoms with Crippen molar-refractivity contribution in [1.82, 2.24) is 21.3 Å². The third-order valence-corrected chi connectivity index (χ3v) is 7.76. The molecule has 13 heteroatoms. The lowest BCUT2D eigenvalue weighted by atomic mass is 9.80. The lowest BCUT2D eigenvalue weighted by Gasteiger charge is -2.32. The molecule has 0 aliphatic carbocycles. The number of ether oxygens (including phenoxy) is 1. The molecule has 7 N–H and O–H groups in total. The van der Waals surface area contributed by atoms with Gasteiger partial charge in [-0.3, -0.25) is 19.2 Å². The minimum atomic E-state index is -0.936. The molecule has 1 aromatic carbocycles. The molecule has 0 saturated carbocycles. The van der Waals surface area contributed by atoms with Gasteiger partial charge in [0.05, 0.1) is 0 Å². The summed E-state index contributed by atoms with van der Waals surface area (Å²) in [6.07, 6.45) is 5.67. The van der Waals surface area contributed by atoms with E-state index in [1.807, 2.05) is 13.8 Å². The molecular weight excluding hydrogens is 623 g/mol. The summed E-state index contributed by atoms with van der Waals surface area (Å²) in [5.41, 5.74) is 6.90. The molecular formula is C36H63BN6O6. The van der Waals surface area contributed by atoms with Crippen molar-refractivity contribution in [3.8, 4) is 0 Å². The van der Waals surface area contributed by atoms with Crippen LogP contribution in [0.2, 0.25) is 0 Å². The van der Waals surface area contributed by atoms with Crippen LogP contribution in [-0.2, 0) is 25.7 Å². The van der Waals surface area contributed by atoms with E-state index in [1.54, 1.807) is 24.3 Å². The van der Waals surface area contributed by atoms with Crippen molar-refractivity contribution >= 4 is 43.2 Å². The molecule has 0 fully saturated rings. The third-order valence-electron chi connectivity index (χ3n) is 7.76. The van der Waals surface area contributed by atoms with Crippen LogP contribution in [0.1, 0.15) is 112 Å². The molecule has 276 valence electrons. The Balaban J connectivity index is 2.73. The van der Waals surface area contributed by atoms with Gasteiger partial charge in [0, 0.05) is 24.7 Å². The minimum Gasteiger partial charge on any atom is -0.469 e. The number of carbonyl (C=O) groups excluding carboxylic acids is 5. The molecule has 0 aliphatic heterocycles. The minimum absolute atomic E-state index is 0.115. The summed E-state index contributed by atoms with van der Waals surface area (Å²) in [4.78, 5) is 61.8. The summed E-state index contributed by atoms with van der Waals surface area (Å²) in [6, 6.07) is 4.79. The van der Waals surface area contributed by atoms with E-state index < -0.39 is 35.8 Å². The Morgan fingerprint density at radius 3 is 1.96 bits per heavy atom. The quantitative estimate of drug-likeness (QED) is 0.0821. The highest BCUT2D eigenvalue weighted by Gasteiger charge is 2.29. The number of unbranched alkanes of at least 4 members (excludes halogenated alkanes) is 2. The number of rotatable bonds is 21. The average molecular weight is 687 g/mol. The summed E-state index contributed by atoms with van der Waals surface area (Å²) in [5.74, 6) is -1.73. The molecule has 1 rings (SSSR count). The molecule has 0 saturated heterocycles. The van der Waals surface area contributed by atoms with Crippen molar-refractivity contribution in [2.75, 3.05) is 18.4 Å². The van der Waals surface area contributed by atoms with Gasteiger partial charge in [-0.2, -0.15) is 0 Å². The molecule has 1 aromatic rings. The second-order valence-corrected chi connectivity index (χ2v) is 15.7. The van der Waals surface area contributed by atoms with Gasteiger partial charge >= 0.3 is 6.03 Å². The smallest absolute Gasteiger partial charge is 0.312 e. The zero-order valence-corrected chi connectivity index (χ0v) is 31.4. The molecule has 0 radical (unpaired) electrons. The number of nitrogens with two attached hydrogens (primary N) is 1. The zero-order valence-electron chi connectivity index (χ0n) is 31.4. The Morgan fingerprint density at radius 1 is 0.816 bits per heavy atom. The van der Waals surface area contributed by atoms with Gasteiger partial charge in [-0.15, -0.1) is 0 Å². The van der Waals surface area contributed by atoms with E-state index in [1.165, 1.54) is 7.85 Å². The van der Waals surface area contributed by atoms with Crippen LogP contribution in [0.4, 0.5) is 15.3 Å². The van der Waals surface area contributed by atoms with Gasteiger partial charge in [0.1, 0.15) is 18.7 Å². The van der Waals surface area contributed by atoms with Crippen molar-refractivity contribution < 1.29 is 28.7 Å². The van der Waals surface area contributed by atoms with Crippen molar-refractivity contribution in [3.05, 3.63) is 29.8 Å². The number of benzene rings is 1. The van der Waals surface area contributed by atoms with Gasteiger partial charge in [-0.25, -0.2) is 4.79 Å². The van der Waals surface area contributed by atoms with Gasteiger partial charge in [0.2, 0.25) is 31.4 Å². The SMILES string of the molecule is BC(=O)OCc1ccc(NC(=O)[C@H](CCCNC(N)=O)NC(=O)[C@@H](NC(=O)CCCCCNC(CC(C)(C)C)CC(C)(C)C)C(C)C)cc1. The molecule has 0 aliphatic rings. The third kappa shape index (κ3) is 21.2. The summed E-state index contributed by atoms with van der Waals surface area (Å²) in [6.45, 7) is 18.5. The topological polar surface area (TPSA) is 181 Å².